The predicted molar refractivity (Wildman–Crippen MR) is 120 cm³/mol. The Morgan fingerprint density at radius 3 is 2.56 bits per heavy atom. The number of hydrogen-bond donors (Lipinski definition) is 2. The molecule has 0 saturated carbocycles. The van der Waals surface area contributed by atoms with E-state index >= 15 is 0 Å². The number of carbonyl (C=O) groups excluding carboxylic acids is 2. The predicted octanol–water partition coefficient (Wildman–Crippen LogP) is 4.93. The van der Waals surface area contributed by atoms with Crippen molar-refractivity contribution in [2.24, 2.45) is 5.41 Å². The van der Waals surface area contributed by atoms with Crippen molar-refractivity contribution < 1.29 is 14.0 Å². The highest BCUT2D eigenvalue weighted by molar-refractivity contribution is 6.08. The number of halogens is 1. The molecule has 0 spiro atoms. The number of para-hydroxylation sites is 1. The van der Waals surface area contributed by atoms with E-state index in [9.17, 15) is 14.0 Å². The second-order valence-corrected chi connectivity index (χ2v) is 9.08. The van der Waals surface area contributed by atoms with Crippen LogP contribution in [0.25, 0.3) is 0 Å². The number of fused-ring (bicyclic) bond motifs is 1. The van der Waals surface area contributed by atoms with Crippen molar-refractivity contribution in [1.82, 2.24) is 9.78 Å². The van der Waals surface area contributed by atoms with Crippen molar-refractivity contribution in [2.45, 2.75) is 32.7 Å². The van der Waals surface area contributed by atoms with E-state index in [0.29, 0.717) is 35.5 Å². The summed E-state index contributed by atoms with van der Waals surface area (Å²) in [6.07, 6.45) is 2.59. The number of carbonyl (C=O) groups is 2. The van der Waals surface area contributed by atoms with Gasteiger partial charge in [-0.05, 0) is 41.7 Å². The molecule has 2 aromatic carbocycles. The van der Waals surface area contributed by atoms with Crippen LogP contribution in [-0.4, -0.2) is 21.5 Å². The smallest absolute Gasteiger partial charge is 0.261 e. The fourth-order valence-corrected chi connectivity index (χ4v) is 4.55. The van der Waals surface area contributed by atoms with Gasteiger partial charge in [0.15, 0.2) is 5.78 Å². The van der Waals surface area contributed by atoms with Crippen LogP contribution < -0.4 is 10.6 Å². The van der Waals surface area contributed by atoms with Crippen molar-refractivity contribution in [3.63, 3.8) is 0 Å². The molecule has 7 heteroatoms. The fraction of sp³-hybridized carbons (Fsp3) is 0.240. The lowest BCUT2D eigenvalue weighted by Crippen LogP contribution is -2.37. The molecule has 2 heterocycles. The first-order valence-electron chi connectivity index (χ1n) is 10.5. The van der Waals surface area contributed by atoms with E-state index in [2.05, 4.69) is 29.6 Å². The average molecular weight is 430 g/mol. The Hall–Kier alpha value is -3.74. The van der Waals surface area contributed by atoms with Gasteiger partial charge in [-0.25, -0.2) is 9.07 Å². The summed E-state index contributed by atoms with van der Waals surface area (Å²) in [7, 11) is 0. The monoisotopic (exact) mass is 430 g/mol. The summed E-state index contributed by atoms with van der Waals surface area (Å²) in [5, 5.41) is 10.7. The molecule has 1 aliphatic heterocycles. The molecule has 0 bridgehead atoms. The third-order valence-corrected chi connectivity index (χ3v) is 5.96. The number of Topliss-reactive ketones (excluding diaryl/α,β-unsaturated/α-hetero) is 1. The van der Waals surface area contributed by atoms with Crippen LogP contribution >= 0.6 is 0 Å². The largest absolute Gasteiger partial charge is 0.343 e. The van der Waals surface area contributed by atoms with E-state index < -0.39 is 6.04 Å². The summed E-state index contributed by atoms with van der Waals surface area (Å²) in [4.78, 5) is 26.2. The number of nitrogens with zero attached hydrogens (tertiary/aromatic N) is 2. The van der Waals surface area contributed by atoms with Crippen molar-refractivity contribution in [3.05, 3.63) is 89.0 Å². The molecule has 3 aromatic rings. The second kappa shape index (κ2) is 7.44. The topological polar surface area (TPSA) is 76.0 Å². The average Bonchev–Trinajstić information content (AvgIpc) is 3.16. The molecule has 162 valence electrons. The number of allylic oxidation sites excluding steroid dienone is 2. The van der Waals surface area contributed by atoms with E-state index in [4.69, 9.17) is 0 Å². The van der Waals surface area contributed by atoms with E-state index in [0.717, 1.165) is 11.3 Å². The van der Waals surface area contributed by atoms with Crippen molar-refractivity contribution >= 4 is 23.2 Å². The summed E-state index contributed by atoms with van der Waals surface area (Å²) in [6, 6.07) is 14.7. The number of amides is 1. The minimum absolute atomic E-state index is 0.0366. The Balaban J connectivity index is 1.60. The van der Waals surface area contributed by atoms with Gasteiger partial charge in [0.1, 0.15) is 23.2 Å². The highest BCUT2D eigenvalue weighted by Gasteiger charge is 2.42. The van der Waals surface area contributed by atoms with Crippen LogP contribution in [0, 0.1) is 11.2 Å². The zero-order valence-corrected chi connectivity index (χ0v) is 17.9. The number of hydrogen-bond acceptors (Lipinski definition) is 4. The van der Waals surface area contributed by atoms with Crippen LogP contribution in [0.2, 0.25) is 0 Å². The number of aromatic nitrogens is 2. The molecule has 5 rings (SSSR count). The highest BCUT2D eigenvalue weighted by atomic mass is 19.1. The van der Waals surface area contributed by atoms with Crippen LogP contribution in [0.1, 0.15) is 48.7 Å². The molecule has 1 unspecified atom stereocenters. The minimum Gasteiger partial charge on any atom is -0.343 e. The Morgan fingerprint density at radius 2 is 1.84 bits per heavy atom. The zero-order valence-electron chi connectivity index (χ0n) is 17.9. The Kier molecular flexibility index (Phi) is 4.69. The number of rotatable bonds is 3. The highest BCUT2D eigenvalue weighted by Crippen LogP contribution is 2.46. The minimum atomic E-state index is -0.524. The molecule has 2 aliphatic rings. The first-order chi connectivity index (χ1) is 15.3. The van der Waals surface area contributed by atoms with Gasteiger partial charge in [-0.3, -0.25) is 9.59 Å². The van der Waals surface area contributed by atoms with Gasteiger partial charge in [0.25, 0.3) is 5.91 Å². The molecular weight excluding hydrogens is 407 g/mol. The molecule has 1 atom stereocenters. The summed E-state index contributed by atoms with van der Waals surface area (Å²) >= 11 is 0. The number of benzene rings is 2. The van der Waals surface area contributed by atoms with Gasteiger partial charge >= 0.3 is 0 Å². The van der Waals surface area contributed by atoms with Gasteiger partial charge in [-0.1, -0.05) is 44.2 Å². The number of nitrogens with one attached hydrogen (secondary N) is 2. The lowest BCUT2D eigenvalue weighted by atomic mass is 9.73. The van der Waals surface area contributed by atoms with Crippen molar-refractivity contribution in [1.29, 1.82) is 0 Å². The summed E-state index contributed by atoms with van der Waals surface area (Å²) in [5.74, 6) is -0.0867. The Morgan fingerprint density at radius 1 is 1.12 bits per heavy atom. The number of ketones is 1. The van der Waals surface area contributed by atoms with Crippen LogP contribution in [0.5, 0.6) is 0 Å². The van der Waals surface area contributed by atoms with Gasteiger partial charge in [0.05, 0.1) is 6.20 Å². The van der Waals surface area contributed by atoms with E-state index in [1.165, 1.54) is 18.3 Å². The lowest BCUT2D eigenvalue weighted by molar-refractivity contribution is -0.118. The zero-order chi connectivity index (χ0) is 22.5. The van der Waals surface area contributed by atoms with Crippen LogP contribution in [0.3, 0.4) is 0 Å². The van der Waals surface area contributed by atoms with Gasteiger partial charge in [-0.2, -0.15) is 5.10 Å². The molecule has 1 amide bonds. The van der Waals surface area contributed by atoms with Crippen LogP contribution in [-0.2, 0) is 4.79 Å². The molecule has 0 radical (unpaired) electrons. The standard InChI is InChI=1S/C25H23FN4O2/c1-25(2)12-19-21(20(31)13-25)22(15-8-10-16(26)11-9-15)30-23(29-19)18(14-27-30)24(32)28-17-6-4-3-5-7-17/h3-11,14,22,29H,12-13H2,1-2H3,(H,28,32). The molecular formula is C25H23FN4O2. The van der Waals surface area contributed by atoms with Crippen molar-refractivity contribution in [3.8, 4) is 0 Å². The Bertz CT molecular complexity index is 1240. The van der Waals surface area contributed by atoms with E-state index in [1.54, 1.807) is 16.8 Å². The maximum Gasteiger partial charge on any atom is 0.261 e. The third kappa shape index (κ3) is 3.49. The fourth-order valence-electron chi connectivity index (χ4n) is 4.55. The van der Waals surface area contributed by atoms with Gasteiger partial charge in [-0.15, -0.1) is 0 Å². The van der Waals surface area contributed by atoms with Gasteiger partial charge in [0, 0.05) is 23.4 Å². The molecule has 1 aliphatic carbocycles. The SMILES string of the molecule is CC1(C)CC(=O)C2=C(C1)Nc1c(C(=O)Nc3ccccc3)cnn1C2c1ccc(F)cc1. The molecule has 0 fully saturated rings. The van der Waals surface area contributed by atoms with E-state index in [1.807, 2.05) is 30.3 Å². The van der Waals surface area contributed by atoms with E-state index in [-0.39, 0.29) is 22.9 Å². The summed E-state index contributed by atoms with van der Waals surface area (Å²) in [5.41, 5.74) is 3.02. The van der Waals surface area contributed by atoms with Crippen LogP contribution in [0.4, 0.5) is 15.9 Å². The maximum absolute atomic E-state index is 13.6. The van der Waals surface area contributed by atoms with Gasteiger partial charge in [0.2, 0.25) is 0 Å². The van der Waals surface area contributed by atoms with Gasteiger partial charge < -0.3 is 10.6 Å². The molecule has 32 heavy (non-hydrogen) atoms. The first kappa shape index (κ1) is 20.2. The van der Waals surface area contributed by atoms with Crippen LogP contribution in [0.15, 0.2) is 72.1 Å². The lowest BCUT2D eigenvalue weighted by Gasteiger charge is -2.39. The normalized spacial score (nSPS) is 19.1. The summed E-state index contributed by atoms with van der Waals surface area (Å²) < 4.78 is 15.3. The summed E-state index contributed by atoms with van der Waals surface area (Å²) in [6.45, 7) is 4.11. The molecule has 6 nitrogen and oxygen atoms in total. The molecule has 1 aromatic heterocycles. The molecule has 0 saturated heterocycles. The molecule has 2 N–H and O–H groups in total. The maximum atomic E-state index is 13.6. The second-order valence-electron chi connectivity index (χ2n) is 9.08. The quantitative estimate of drug-likeness (QED) is 0.618. The Labute approximate surface area is 185 Å². The third-order valence-electron chi connectivity index (χ3n) is 5.96. The van der Waals surface area contributed by atoms with Crippen molar-refractivity contribution in [2.75, 3.05) is 10.6 Å². The first-order valence-corrected chi connectivity index (χ1v) is 10.5. The number of anilines is 2.